The van der Waals surface area contributed by atoms with Gasteiger partial charge in [0.05, 0.1) is 12.3 Å². The monoisotopic (exact) mass is 417 g/mol. The van der Waals surface area contributed by atoms with Crippen LogP contribution in [0.2, 0.25) is 0 Å². The van der Waals surface area contributed by atoms with Gasteiger partial charge in [-0.05, 0) is 105 Å². The zero-order chi connectivity index (χ0) is 22.5. The highest BCUT2D eigenvalue weighted by Gasteiger charge is 2.17. The van der Waals surface area contributed by atoms with Crippen LogP contribution in [-0.4, -0.2) is 11.9 Å². The molecular formula is C27H31NO3. The van der Waals surface area contributed by atoms with Crippen molar-refractivity contribution in [1.82, 2.24) is 5.32 Å². The summed E-state index contributed by atoms with van der Waals surface area (Å²) >= 11 is 0. The van der Waals surface area contributed by atoms with Crippen LogP contribution in [0.4, 0.5) is 0 Å². The highest BCUT2D eigenvalue weighted by atomic mass is 16.4. The van der Waals surface area contributed by atoms with Crippen molar-refractivity contribution in [2.45, 2.75) is 53.5 Å². The predicted molar refractivity (Wildman–Crippen MR) is 125 cm³/mol. The van der Waals surface area contributed by atoms with E-state index >= 15 is 0 Å². The molecule has 3 rings (SSSR count). The van der Waals surface area contributed by atoms with E-state index in [4.69, 9.17) is 8.83 Å². The number of rotatable bonds is 8. The van der Waals surface area contributed by atoms with Crippen LogP contribution in [0, 0.1) is 34.6 Å². The SMILES string of the molecule is C=CCC(C=Cc1ccco1)NC(=O)c1ccc(Cc2c(C)c(C)c(C)c(C)c2C)o1. The van der Waals surface area contributed by atoms with Crippen molar-refractivity contribution in [2.75, 3.05) is 0 Å². The van der Waals surface area contributed by atoms with Gasteiger partial charge in [-0.1, -0.05) is 12.2 Å². The van der Waals surface area contributed by atoms with Crippen LogP contribution in [0.5, 0.6) is 0 Å². The first-order chi connectivity index (χ1) is 14.8. The number of hydrogen-bond acceptors (Lipinski definition) is 3. The lowest BCUT2D eigenvalue weighted by molar-refractivity contribution is 0.0915. The summed E-state index contributed by atoms with van der Waals surface area (Å²) in [5, 5.41) is 2.99. The Morgan fingerprint density at radius 2 is 1.71 bits per heavy atom. The molecule has 3 aromatic rings. The van der Waals surface area contributed by atoms with E-state index in [1.165, 1.54) is 33.4 Å². The van der Waals surface area contributed by atoms with Crippen molar-refractivity contribution in [3.63, 3.8) is 0 Å². The number of furan rings is 2. The van der Waals surface area contributed by atoms with Crippen molar-refractivity contribution in [1.29, 1.82) is 0 Å². The van der Waals surface area contributed by atoms with Crippen molar-refractivity contribution >= 4 is 12.0 Å². The molecule has 0 bridgehead atoms. The first-order valence-electron chi connectivity index (χ1n) is 10.6. The molecule has 0 aliphatic heterocycles. The molecular weight excluding hydrogens is 386 g/mol. The summed E-state index contributed by atoms with van der Waals surface area (Å²) in [6, 6.07) is 7.12. The molecule has 0 fully saturated rings. The number of carbonyl (C=O) groups excluding carboxylic acids is 1. The molecule has 0 radical (unpaired) electrons. The fourth-order valence-electron chi connectivity index (χ4n) is 3.81. The lowest BCUT2D eigenvalue weighted by atomic mass is 9.88. The third kappa shape index (κ3) is 5.08. The van der Waals surface area contributed by atoms with Crippen molar-refractivity contribution in [2.24, 2.45) is 0 Å². The fraction of sp³-hybridized carbons (Fsp3) is 0.296. The van der Waals surface area contributed by atoms with E-state index in [1.54, 1.807) is 18.4 Å². The topological polar surface area (TPSA) is 55.4 Å². The second-order valence-corrected chi connectivity index (χ2v) is 8.03. The van der Waals surface area contributed by atoms with Gasteiger partial charge >= 0.3 is 0 Å². The molecule has 1 aromatic carbocycles. The number of nitrogens with one attached hydrogen (secondary N) is 1. The van der Waals surface area contributed by atoms with Gasteiger partial charge in [0.2, 0.25) is 0 Å². The Morgan fingerprint density at radius 3 is 2.32 bits per heavy atom. The molecule has 0 aliphatic carbocycles. The smallest absolute Gasteiger partial charge is 0.287 e. The van der Waals surface area contributed by atoms with E-state index in [0.717, 1.165) is 11.5 Å². The molecule has 1 amide bonds. The molecule has 4 heteroatoms. The van der Waals surface area contributed by atoms with Crippen LogP contribution in [0.25, 0.3) is 6.08 Å². The average molecular weight is 418 g/mol. The van der Waals surface area contributed by atoms with Crippen LogP contribution in [0.3, 0.4) is 0 Å². The third-order valence-electron chi connectivity index (χ3n) is 6.16. The molecule has 1 unspecified atom stereocenters. The van der Waals surface area contributed by atoms with Gasteiger partial charge in [-0.2, -0.15) is 0 Å². The zero-order valence-corrected chi connectivity index (χ0v) is 19.0. The molecule has 0 spiro atoms. The van der Waals surface area contributed by atoms with E-state index in [1.807, 2.05) is 30.4 Å². The van der Waals surface area contributed by atoms with Gasteiger partial charge in [0, 0.05) is 6.42 Å². The highest BCUT2D eigenvalue weighted by molar-refractivity contribution is 5.91. The fourth-order valence-corrected chi connectivity index (χ4v) is 3.81. The second-order valence-electron chi connectivity index (χ2n) is 8.03. The number of benzene rings is 1. The average Bonchev–Trinajstić information content (AvgIpc) is 3.44. The maximum Gasteiger partial charge on any atom is 0.287 e. The van der Waals surface area contributed by atoms with Gasteiger partial charge < -0.3 is 14.2 Å². The molecule has 2 heterocycles. The minimum atomic E-state index is -0.244. The summed E-state index contributed by atoms with van der Waals surface area (Å²) in [4.78, 5) is 12.7. The van der Waals surface area contributed by atoms with Crippen molar-refractivity contribution < 1.29 is 13.6 Å². The molecule has 0 saturated heterocycles. The van der Waals surface area contributed by atoms with Gasteiger partial charge in [0.15, 0.2) is 5.76 Å². The standard InChI is InChI=1S/C27H31NO3/c1-7-9-22(11-12-23-10-8-15-30-23)28-27(29)26-14-13-24(31-26)16-25-20(5)18(3)17(2)19(4)21(25)6/h7-8,10-15,22H,1,9,16H2,2-6H3,(H,28,29). The lowest BCUT2D eigenvalue weighted by Gasteiger charge is -2.18. The summed E-state index contributed by atoms with van der Waals surface area (Å²) in [6.07, 6.45) is 8.41. The van der Waals surface area contributed by atoms with Gasteiger partial charge in [0.25, 0.3) is 5.91 Å². The molecule has 0 saturated carbocycles. The van der Waals surface area contributed by atoms with Gasteiger partial charge in [-0.25, -0.2) is 0 Å². The maximum absolute atomic E-state index is 12.7. The first kappa shape index (κ1) is 22.4. The minimum absolute atomic E-state index is 0.199. The quantitative estimate of drug-likeness (QED) is 0.432. The Bertz CT molecular complexity index is 1070. The maximum atomic E-state index is 12.7. The Hall–Kier alpha value is -3.27. The number of amides is 1. The highest BCUT2D eigenvalue weighted by Crippen LogP contribution is 2.28. The molecule has 31 heavy (non-hydrogen) atoms. The third-order valence-corrected chi connectivity index (χ3v) is 6.16. The van der Waals surface area contributed by atoms with Gasteiger partial charge in [-0.3, -0.25) is 4.79 Å². The summed E-state index contributed by atoms with van der Waals surface area (Å²) in [5.74, 6) is 1.58. The summed E-state index contributed by atoms with van der Waals surface area (Å²) in [6.45, 7) is 14.6. The Labute approximate surface area is 184 Å². The normalized spacial score (nSPS) is 12.3. The molecule has 1 atom stereocenters. The Morgan fingerprint density at radius 1 is 1.03 bits per heavy atom. The molecule has 2 aromatic heterocycles. The first-order valence-corrected chi connectivity index (χ1v) is 10.6. The van der Waals surface area contributed by atoms with E-state index < -0.39 is 0 Å². The van der Waals surface area contributed by atoms with Gasteiger partial charge in [0.1, 0.15) is 11.5 Å². The van der Waals surface area contributed by atoms with Crippen molar-refractivity contribution in [3.05, 3.63) is 99.9 Å². The summed E-state index contributed by atoms with van der Waals surface area (Å²) < 4.78 is 11.2. The molecule has 0 aliphatic rings. The number of carbonyl (C=O) groups is 1. The zero-order valence-electron chi connectivity index (χ0n) is 19.0. The molecule has 4 nitrogen and oxygen atoms in total. The molecule has 162 valence electrons. The van der Waals surface area contributed by atoms with Crippen molar-refractivity contribution in [3.8, 4) is 0 Å². The summed E-state index contributed by atoms with van der Waals surface area (Å²) in [7, 11) is 0. The van der Waals surface area contributed by atoms with E-state index in [9.17, 15) is 4.79 Å². The van der Waals surface area contributed by atoms with Crippen LogP contribution in [0.15, 0.2) is 58.1 Å². The molecule has 1 N–H and O–H groups in total. The summed E-state index contributed by atoms with van der Waals surface area (Å²) in [5.41, 5.74) is 7.83. The van der Waals surface area contributed by atoms with E-state index in [-0.39, 0.29) is 11.9 Å². The lowest BCUT2D eigenvalue weighted by Crippen LogP contribution is -2.32. The van der Waals surface area contributed by atoms with Gasteiger partial charge in [-0.15, -0.1) is 6.58 Å². The predicted octanol–water partition coefficient (Wildman–Crippen LogP) is 6.39. The van der Waals surface area contributed by atoms with E-state index in [2.05, 4.69) is 46.5 Å². The largest absolute Gasteiger partial charge is 0.465 e. The number of hydrogen-bond donors (Lipinski definition) is 1. The van der Waals surface area contributed by atoms with E-state index in [0.29, 0.717) is 18.6 Å². The minimum Gasteiger partial charge on any atom is -0.465 e. The van der Waals surface area contributed by atoms with Crippen LogP contribution in [-0.2, 0) is 6.42 Å². The Balaban J connectivity index is 1.74. The van der Waals surface area contributed by atoms with Crippen LogP contribution in [0.1, 0.15) is 61.9 Å². The van der Waals surface area contributed by atoms with Crippen LogP contribution < -0.4 is 5.32 Å². The van der Waals surface area contributed by atoms with Crippen LogP contribution >= 0.6 is 0 Å². The second kappa shape index (κ2) is 9.69. The Kier molecular flexibility index (Phi) is 7.01.